The Hall–Kier alpha value is -1.99. The second-order valence-corrected chi connectivity index (χ2v) is 6.47. The van der Waals surface area contributed by atoms with Crippen LogP contribution in [0.1, 0.15) is 40.2 Å². The number of halogens is 3. The number of nitrogens with one attached hydrogen (secondary N) is 1. The quantitative estimate of drug-likeness (QED) is 0.832. The van der Waals surface area contributed by atoms with Gasteiger partial charge in [-0.2, -0.15) is 5.10 Å². The molecular weight excluding hydrogens is 362 g/mol. The van der Waals surface area contributed by atoms with Crippen LogP contribution in [-0.4, -0.2) is 34.7 Å². The van der Waals surface area contributed by atoms with E-state index in [0.29, 0.717) is 0 Å². The van der Waals surface area contributed by atoms with Crippen molar-refractivity contribution in [2.24, 2.45) is 5.73 Å². The normalized spacial score (nSPS) is 13.7. The zero-order valence-electron chi connectivity index (χ0n) is 14.6. The van der Waals surface area contributed by atoms with Gasteiger partial charge in [-0.15, -0.1) is 12.4 Å². The van der Waals surface area contributed by atoms with E-state index in [4.69, 9.17) is 5.73 Å². The van der Waals surface area contributed by atoms with Crippen molar-refractivity contribution in [3.05, 3.63) is 46.8 Å². The molecule has 1 aliphatic rings. The van der Waals surface area contributed by atoms with Crippen molar-refractivity contribution in [1.29, 1.82) is 0 Å². The van der Waals surface area contributed by atoms with Gasteiger partial charge in [0.1, 0.15) is 0 Å². The predicted octanol–water partition coefficient (Wildman–Crippen LogP) is 2.81. The van der Waals surface area contributed by atoms with E-state index in [1.54, 1.807) is 4.68 Å². The molecule has 26 heavy (non-hydrogen) atoms. The maximum atomic E-state index is 13.3. The summed E-state index contributed by atoms with van der Waals surface area (Å²) in [5, 5.41) is 6.72. The van der Waals surface area contributed by atoms with Crippen LogP contribution in [0.25, 0.3) is 5.69 Å². The molecule has 2 aromatic rings. The van der Waals surface area contributed by atoms with Crippen LogP contribution < -0.4 is 11.1 Å². The van der Waals surface area contributed by atoms with Gasteiger partial charge in [0.2, 0.25) is 0 Å². The summed E-state index contributed by atoms with van der Waals surface area (Å²) in [5.41, 5.74) is 9.11. The van der Waals surface area contributed by atoms with Crippen molar-refractivity contribution < 1.29 is 13.6 Å². The molecule has 0 saturated heterocycles. The average molecular weight is 385 g/mol. The first kappa shape index (κ1) is 20.3. The number of aromatic nitrogens is 2. The number of carbonyl (C=O) groups is 1. The molecule has 142 valence electrons. The molecule has 0 bridgehead atoms. The minimum atomic E-state index is -3.12. The molecule has 8 heteroatoms. The number of hydrogen-bond donors (Lipinski definition) is 2. The molecule has 0 spiro atoms. The fourth-order valence-corrected chi connectivity index (χ4v) is 3.05. The van der Waals surface area contributed by atoms with Gasteiger partial charge in [-0.3, -0.25) is 4.79 Å². The van der Waals surface area contributed by atoms with Gasteiger partial charge in [-0.1, -0.05) is 17.7 Å². The Balaban J connectivity index is 0.00000243. The summed E-state index contributed by atoms with van der Waals surface area (Å²) in [5.74, 6) is -3.69. The molecule has 1 amide bonds. The Morgan fingerprint density at radius 3 is 2.58 bits per heavy atom. The lowest BCUT2D eigenvalue weighted by atomic mass is 9.95. The molecule has 1 aliphatic carbocycles. The number of aryl methyl sites for hydroxylation is 1. The van der Waals surface area contributed by atoms with E-state index in [1.807, 2.05) is 31.2 Å². The van der Waals surface area contributed by atoms with Gasteiger partial charge in [-0.25, -0.2) is 13.5 Å². The second-order valence-electron chi connectivity index (χ2n) is 6.47. The van der Waals surface area contributed by atoms with E-state index in [1.165, 1.54) is 0 Å². The van der Waals surface area contributed by atoms with Crippen molar-refractivity contribution in [1.82, 2.24) is 15.1 Å². The van der Waals surface area contributed by atoms with Crippen LogP contribution in [-0.2, 0) is 12.8 Å². The van der Waals surface area contributed by atoms with Gasteiger partial charge in [-0.05, 0) is 44.7 Å². The van der Waals surface area contributed by atoms with Crippen molar-refractivity contribution in [3.63, 3.8) is 0 Å². The number of alkyl halides is 2. The van der Waals surface area contributed by atoms with E-state index in [9.17, 15) is 13.6 Å². The summed E-state index contributed by atoms with van der Waals surface area (Å²) in [7, 11) is 0. The first-order chi connectivity index (χ1) is 11.9. The third-order valence-electron chi connectivity index (χ3n) is 4.48. The summed E-state index contributed by atoms with van der Waals surface area (Å²) in [6, 6.07) is 7.85. The number of hydrogen-bond acceptors (Lipinski definition) is 3. The van der Waals surface area contributed by atoms with Crippen LogP contribution in [0, 0.1) is 6.92 Å². The summed E-state index contributed by atoms with van der Waals surface area (Å²) >= 11 is 0. The smallest absolute Gasteiger partial charge is 0.277 e. The van der Waals surface area contributed by atoms with Crippen LogP contribution in [0.4, 0.5) is 8.78 Å². The lowest BCUT2D eigenvalue weighted by Gasteiger charge is -2.15. The molecule has 0 aliphatic heterocycles. The van der Waals surface area contributed by atoms with E-state index in [0.717, 1.165) is 48.2 Å². The van der Waals surface area contributed by atoms with E-state index >= 15 is 0 Å². The van der Waals surface area contributed by atoms with Gasteiger partial charge >= 0.3 is 0 Å². The van der Waals surface area contributed by atoms with Crippen molar-refractivity contribution in [2.75, 3.05) is 13.1 Å². The van der Waals surface area contributed by atoms with E-state index in [2.05, 4.69) is 10.4 Å². The van der Waals surface area contributed by atoms with Crippen LogP contribution in [0.5, 0.6) is 0 Å². The highest BCUT2D eigenvalue weighted by molar-refractivity contribution is 5.94. The molecule has 1 heterocycles. The number of amides is 1. The minimum absolute atomic E-state index is 0. The maximum absolute atomic E-state index is 13.3. The zero-order chi connectivity index (χ0) is 18.0. The van der Waals surface area contributed by atoms with Gasteiger partial charge in [0, 0.05) is 11.3 Å². The molecular formula is C18H23ClF2N4O. The second kappa shape index (κ2) is 8.14. The Kier molecular flexibility index (Phi) is 6.36. The summed E-state index contributed by atoms with van der Waals surface area (Å²) in [6.07, 6.45) is 3.54. The molecule has 1 aromatic heterocycles. The Labute approximate surface area is 157 Å². The number of carbonyl (C=O) groups excluding carboxylic acids is 1. The SMILES string of the molecule is Cc1ccc(-n2nc(C(=O)NCC(F)(F)CN)c3c2CCCC3)cc1.Cl. The largest absolute Gasteiger partial charge is 0.345 e. The standard InChI is InChI=1S/C18H22F2N4O.ClH/c1-12-6-8-13(9-7-12)24-15-5-3-2-4-14(15)16(23-24)17(25)22-11-18(19,20)10-21;/h6-9H,2-5,10-11,21H2,1H3,(H,22,25);1H. The van der Waals surface area contributed by atoms with Crippen molar-refractivity contribution in [2.45, 2.75) is 38.5 Å². The molecule has 3 rings (SSSR count). The number of benzene rings is 1. The third-order valence-corrected chi connectivity index (χ3v) is 4.48. The fraction of sp³-hybridized carbons (Fsp3) is 0.444. The van der Waals surface area contributed by atoms with Crippen molar-refractivity contribution in [3.8, 4) is 5.69 Å². The summed E-state index contributed by atoms with van der Waals surface area (Å²) < 4.78 is 28.4. The topological polar surface area (TPSA) is 72.9 Å². The molecule has 0 fully saturated rings. The van der Waals surface area contributed by atoms with E-state index < -0.39 is 24.9 Å². The maximum Gasteiger partial charge on any atom is 0.277 e. The van der Waals surface area contributed by atoms with E-state index in [-0.39, 0.29) is 18.1 Å². The fourth-order valence-electron chi connectivity index (χ4n) is 3.05. The zero-order valence-corrected chi connectivity index (χ0v) is 15.4. The molecule has 3 N–H and O–H groups in total. The van der Waals surface area contributed by atoms with Gasteiger partial charge in [0.15, 0.2) is 5.69 Å². The summed E-state index contributed by atoms with van der Waals surface area (Å²) in [4.78, 5) is 12.4. The highest BCUT2D eigenvalue weighted by Gasteiger charge is 2.30. The van der Waals surface area contributed by atoms with Crippen LogP contribution in [0.2, 0.25) is 0 Å². The number of nitrogens with zero attached hydrogens (tertiary/aromatic N) is 2. The van der Waals surface area contributed by atoms with Gasteiger partial charge in [0.25, 0.3) is 11.8 Å². The Bertz CT molecular complexity index is 774. The molecule has 0 saturated carbocycles. The molecule has 0 radical (unpaired) electrons. The predicted molar refractivity (Wildman–Crippen MR) is 98.5 cm³/mol. The molecule has 0 atom stereocenters. The lowest BCUT2D eigenvalue weighted by Crippen LogP contribution is -2.41. The lowest BCUT2D eigenvalue weighted by molar-refractivity contribution is 0.0118. The summed E-state index contributed by atoms with van der Waals surface area (Å²) in [6.45, 7) is 0.413. The molecule has 5 nitrogen and oxygen atoms in total. The Morgan fingerprint density at radius 2 is 1.92 bits per heavy atom. The number of fused-ring (bicyclic) bond motifs is 1. The third kappa shape index (κ3) is 4.22. The molecule has 1 aromatic carbocycles. The van der Waals surface area contributed by atoms with Crippen molar-refractivity contribution >= 4 is 18.3 Å². The number of rotatable bonds is 5. The van der Waals surface area contributed by atoms with Gasteiger partial charge < -0.3 is 11.1 Å². The van der Waals surface area contributed by atoms with Crippen LogP contribution >= 0.6 is 12.4 Å². The first-order valence-electron chi connectivity index (χ1n) is 8.45. The first-order valence-corrected chi connectivity index (χ1v) is 8.45. The number of nitrogens with two attached hydrogens (primary N) is 1. The molecule has 0 unspecified atom stereocenters. The minimum Gasteiger partial charge on any atom is -0.345 e. The van der Waals surface area contributed by atoms with Gasteiger partial charge in [0.05, 0.1) is 18.8 Å². The monoisotopic (exact) mass is 384 g/mol. The van der Waals surface area contributed by atoms with Crippen LogP contribution in [0.3, 0.4) is 0 Å². The highest BCUT2D eigenvalue weighted by atomic mass is 35.5. The van der Waals surface area contributed by atoms with Crippen LogP contribution in [0.15, 0.2) is 24.3 Å². The average Bonchev–Trinajstić information content (AvgIpc) is 3.00. The highest BCUT2D eigenvalue weighted by Crippen LogP contribution is 2.27. The Morgan fingerprint density at radius 1 is 1.27 bits per heavy atom.